The second-order valence-corrected chi connectivity index (χ2v) is 5.06. The van der Waals surface area contributed by atoms with Crippen LogP contribution in [0, 0.1) is 0 Å². The number of hydrogen-bond acceptors (Lipinski definition) is 6. The fourth-order valence-electron chi connectivity index (χ4n) is 1.72. The average Bonchev–Trinajstić information content (AvgIpc) is 2.85. The highest BCUT2D eigenvalue weighted by atomic mass is 35.5. The van der Waals surface area contributed by atoms with Crippen LogP contribution in [0.2, 0.25) is 5.02 Å². The zero-order valence-corrected chi connectivity index (χ0v) is 12.8. The van der Waals surface area contributed by atoms with Gasteiger partial charge in [0.2, 0.25) is 11.7 Å². The first-order valence-corrected chi connectivity index (χ1v) is 6.69. The third-order valence-electron chi connectivity index (χ3n) is 2.85. The van der Waals surface area contributed by atoms with Crippen LogP contribution in [0.4, 0.5) is 0 Å². The number of hydrogen-bond donors (Lipinski definition) is 0. The molecular weight excluding hydrogens is 294 g/mol. The van der Waals surface area contributed by atoms with Gasteiger partial charge in [0.1, 0.15) is 11.4 Å². The van der Waals surface area contributed by atoms with Crippen molar-refractivity contribution >= 4 is 17.4 Å². The molecule has 0 saturated heterocycles. The van der Waals surface area contributed by atoms with Crippen LogP contribution in [0.3, 0.4) is 0 Å². The Morgan fingerprint density at radius 2 is 2.14 bits per heavy atom. The van der Waals surface area contributed by atoms with E-state index >= 15 is 0 Å². The van der Waals surface area contributed by atoms with Crippen molar-refractivity contribution in [2.24, 2.45) is 0 Å². The lowest BCUT2D eigenvalue weighted by atomic mass is 10.2. The predicted octanol–water partition coefficient (Wildman–Crippen LogP) is 1.13. The van der Waals surface area contributed by atoms with Crippen LogP contribution >= 0.6 is 11.6 Å². The maximum Gasteiger partial charge on any atom is 0.233 e. The van der Waals surface area contributed by atoms with E-state index in [0.29, 0.717) is 23.1 Å². The van der Waals surface area contributed by atoms with Gasteiger partial charge in [-0.15, -0.1) is 10.2 Å². The largest absolute Gasteiger partial charge is 0.480 e. The SMILES string of the molecule is COc1ccc(C(=O)c2c(Cl)cnn2CCN(C)C)nn1. The number of rotatable bonds is 6. The molecule has 8 heteroatoms. The molecule has 2 heterocycles. The van der Waals surface area contributed by atoms with E-state index in [2.05, 4.69) is 15.3 Å². The molecule has 0 N–H and O–H groups in total. The molecule has 0 aliphatic rings. The Bertz CT molecular complexity index is 624. The monoisotopic (exact) mass is 309 g/mol. The smallest absolute Gasteiger partial charge is 0.233 e. The quantitative estimate of drug-likeness (QED) is 0.745. The van der Waals surface area contributed by atoms with E-state index in [1.54, 1.807) is 16.8 Å². The molecule has 2 rings (SSSR count). The van der Waals surface area contributed by atoms with Crippen molar-refractivity contribution in [3.8, 4) is 5.88 Å². The standard InChI is InChI=1S/C13H16ClN5O2/c1-18(2)6-7-19-12(9(14)8-15-19)13(20)10-4-5-11(21-3)17-16-10/h4-5,8H,6-7H2,1-3H3. The van der Waals surface area contributed by atoms with Crippen molar-refractivity contribution in [2.45, 2.75) is 6.54 Å². The lowest BCUT2D eigenvalue weighted by Gasteiger charge is -2.11. The van der Waals surface area contributed by atoms with Crippen LogP contribution in [0.25, 0.3) is 0 Å². The van der Waals surface area contributed by atoms with E-state index in [4.69, 9.17) is 16.3 Å². The Morgan fingerprint density at radius 3 is 2.71 bits per heavy atom. The van der Waals surface area contributed by atoms with Crippen molar-refractivity contribution in [1.82, 2.24) is 24.9 Å². The van der Waals surface area contributed by atoms with Gasteiger partial charge in [0, 0.05) is 12.6 Å². The van der Waals surface area contributed by atoms with Gasteiger partial charge in [-0.3, -0.25) is 9.48 Å². The predicted molar refractivity (Wildman–Crippen MR) is 77.8 cm³/mol. The van der Waals surface area contributed by atoms with E-state index in [9.17, 15) is 4.79 Å². The van der Waals surface area contributed by atoms with E-state index in [0.717, 1.165) is 6.54 Å². The molecule has 0 unspecified atom stereocenters. The summed E-state index contributed by atoms with van der Waals surface area (Å²) in [5, 5.41) is 12.1. The molecule has 112 valence electrons. The molecule has 0 aliphatic carbocycles. The van der Waals surface area contributed by atoms with Gasteiger partial charge in [0.25, 0.3) is 0 Å². The number of halogens is 1. The summed E-state index contributed by atoms with van der Waals surface area (Å²) in [5.41, 5.74) is 0.516. The number of carbonyl (C=O) groups excluding carboxylic acids is 1. The van der Waals surface area contributed by atoms with E-state index < -0.39 is 0 Å². The first-order chi connectivity index (χ1) is 10.0. The first kappa shape index (κ1) is 15.4. The molecule has 0 radical (unpaired) electrons. The van der Waals surface area contributed by atoms with Crippen LogP contribution in [-0.2, 0) is 6.54 Å². The minimum atomic E-state index is -0.314. The van der Waals surface area contributed by atoms with Crippen molar-refractivity contribution < 1.29 is 9.53 Å². The molecule has 0 atom stereocenters. The van der Waals surface area contributed by atoms with Crippen LogP contribution in [0.1, 0.15) is 16.2 Å². The van der Waals surface area contributed by atoms with Crippen LogP contribution in [-0.4, -0.2) is 58.4 Å². The highest BCUT2D eigenvalue weighted by molar-refractivity contribution is 6.34. The third kappa shape index (κ3) is 3.56. The molecule has 0 saturated carbocycles. The molecule has 0 amide bonds. The summed E-state index contributed by atoms with van der Waals surface area (Å²) in [6.07, 6.45) is 1.46. The summed E-state index contributed by atoms with van der Waals surface area (Å²) in [5.74, 6) is 0.0326. The number of aromatic nitrogens is 4. The fourth-order valence-corrected chi connectivity index (χ4v) is 1.95. The Hall–Kier alpha value is -1.99. The first-order valence-electron chi connectivity index (χ1n) is 6.31. The lowest BCUT2D eigenvalue weighted by molar-refractivity contribution is 0.102. The minimum absolute atomic E-state index is 0.198. The van der Waals surface area contributed by atoms with Crippen molar-refractivity contribution in [1.29, 1.82) is 0 Å². The van der Waals surface area contributed by atoms with Gasteiger partial charge in [-0.1, -0.05) is 11.6 Å². The minimum Gasteiger partial charge on any atom is -0.480 e. The number of ether oxygens (including phenoxy) is 1. The molecule has 0 fully saturated rings. The van der Waals surface area contributed by atoms with Gasteiger partial charge in [-0.2, -0.15) is 5.10 Å². The molecular formula is C13H16ClN5O2. The van der Waals surface area contributed by atoms with Crippen LogP contribution < -0.4 is 4.74 Å². The molecule has 21 heavy (non-hydrogen) atoms. The van der Waals surface area contributed by atoms with Gasteiger partial charge in [-0.05, 0) is 20.2 Å². The average molecular weight is 310 g/mol. The topological polar surface area (TPSA) is 73.1 Å². The Balaban J connectivity index is 2.27. The Labute approximate surface area is 127 Å². The number of nitrogens with zero attached hydrogens (tertiary/aromatic N) is 5. The molecule has 0 bridgehead atoms. The Morgan fingerprint density at radius 1 is 1.38 bits per heavy atom. The zero-order valence-electron chi connectivity index (χ0n) is 12.1. The van der Waals surface area contributed by atoms with E-state index in [1.165, 1.54) is 13.3 Å². The molecule has 0 spiro atoms. The number of methoxy groups -OCH3 is 1. The molecule has 7 nitrogen and oxygen atoms in total. The number of likely N-dealkylation sites (N-methyl/N-ethyl adjacent to an activating group) is 1. The summed E-state index contributed by atoms with van der Waals surface area (Å²) in [6.45, 7) is 1.30. The second-order valence-electron chi connectivity index (χ2n) is 4.66. The maximum atomic E-state index is 12.5. The van der Waals surface area contributed by atoms with Gasteiger partial charge in [-0.25, -0.2) is 0 Å². The van der Waals surface area contributed by atoms with Crippen LogP contribution in [0.5, 0.6) is 5.88 Å². The maximum absolute atomic E-state index is 12.5. The normalized spacial score (nSPS) is 10.9. The Kier molecular flexibility index (Phi) is 4.87. The van der Waals surface area contributed by atoms with Gasteiger partial charge >= 0.3 is 0 Å². The fraction of sp³-hybridized carbons (Fsp3) is 0.385. The van der Waals surface area contributed by atoms with Crippen molar-refractivity contribution in [3.63, 3.8) is 0 Å². The van der Waals surface area contributed by atoms with Crippen molar-refractivity contribution in [3.05, 3.63) is 34.7 Å². The molecule has 2 aromatic heterocycles. The highest BCUT2D eigenvalue weighted by Crippen LogP contribution is 2.19. The molecule has 0 aromatic carbocycles. The van der Waals surface area contributed by atoms with E-state index in [1.807, 2.05) is 19.0 Å². The van der Waals surface area contributed by atoms with Gasteiger partial charge < -0.3 is 9.64 Å². The number of carbonyl (C=O) groups is 1. The third-order valence-corrected chi connectivity index (χ3v) is 3.13. The second kappa shape index (κ2) is 6.64. The van der Waals surface area contributed by atoms with Gasteiger partial charge in [0.15, 0.2) is 0 Å². The molecule has 0 aliphatic heterocycles. The van der Waals surface area contributed by atoms with Gasteiger partial charge in [0.05, 0.1) is 24.9 Å². The van der Waals surface area contributed by atoms with Crippen molar-refractivity contribution in [2.75, 3.05) is 27.7 Å². The highest BCUT2D eigenvalue weighted by Gasteiger charge is 2.20. The lowest BCUT2D eigenvalue weighted by Crippen LogP contribution is -2.22. The summed E-state index contributed by atoms with van der Waals surface area (Å²) < 4.78 is 6.50. The summed E-state index contributed by atoms with van der Waals surface area (Å²) in [4.78, 5) is 14.5. The summed E-state index contributed by atoms with van der Waals surface area (Å²) in [6, 6.07) is 3.13. The summed E-state index contributed by atoms with van der Waals surface area (Å²) >= 11 is 6.07. The van der Waals surface area contributed by atoms with Crippen LogP contribution in [0.15, 0.2) is 18.3 Å². The number of ketones is 1. The van der Waals surface area contributed by atoms with E-state index in [-0.39, 0.29) is 11.5 Å². The zero-order chi connectivity index (χ0) is 15.4. The summed E-state index contributed by atoms with van der Waals surface area (Å²) in [7, 11) is 5.38. The molecule has 2 aromatic rings.